The second-order valence-corrected chi connectivity index (χ2v) is 11.0. The second kappa shape index (κ2) is 12.0. The fraction of sp³-hybridized carbons (Fsp3) is 0.913. The molecule has 0 saturated carbocycles. The van der Waals surface area contributed by atoms with E-state index in [0.717, 1.165) is 12.8 Å². The van der Waals surface area contributed by atoms with Gasteiger partial charge in [-0.3, -0.25) is 18.7 Å². The fourth-order valence-corrected chi connectivity index (χ4v) is 4.34. The lowest BCUT2D eigenvalue weighted by molar-refractivity contribution is -0.228. The van der Waals surface area contributed by atoms with Crippen molar-refractivity contribution in [2.24, 2.45) is 11.8 Å². The molecule has 3 fully saturated rings. The molecule has 3 aliphatic heterocycles. The van der Waals surface area contributed by atoms with Gasteiger partial charge in [0.05, 0.1) is 11.2 Å². The van der Waals surface area contributed by atoms with Gasteiger partial charge < -0.3 is 28.4 Å². The summed E-state index contributed by atoms with van der Waals surface area (Å²) in [6, 6.07) is 0. The van der Waals surface area contributed by atoms with Gasteiger partial charge in [0.1, 0.15) is 6.10 Å². The van der Waals surface area contributed by atoms with Crippen LogP contribution in [0.25, 0.3) is 0 Å². The summed E-state index contributed by atoms with van der Waals surface area (Å²) >= 11 is 0. The van der Waals surface area contributed by atoms with Crippen LogP contribution in [0.15, 0.2) is 0 Å². The summed E-state index contributed by atoms with van der Waals surface area (Å²) in [7, 11) is -4.67. The molecule has 0 spiro atoms. The van der Waals surface area contributed by atoms with Crippen molar-refractivity contribution in [3.05, 3.63) is 0 Å². The molecule has 13 heteroatoms. The first-order valence-corrected chi connectivity index (χ1v) is 13.3. The van der Waals surface area contributed by atoms with Crippen molar-refractivity contribution >= 4 is 22.3 Å². The molecule has 0 aromatic heterocycles. The Morgan fingerprint density at radius 1 is 0.806 bits per heavy atom. The van der Waals surface area contributed by atoms with Crippen LogP contribution in [-0.2, 0) is 48.4 Å². The first-order valence-electron chi connectivity index (χ1n) is 11.9. The van der Waals surface area contributed by atoms with E-state index in [1.807, 2.05) is 34.6 Å². The lowest BCUT2D eigenvalue weighted by Gasteiger charge is -2.30. The highest BCUT2D eigenvalue weighted by atomic mass is 32.3. The molecule has 0 amide bonds. The minimum absolute atomic E-state index is 0.0271. The summed E-state index contributed by atoms with van der Waals surface area (Å²) in [4.78, 5) is 22.1. The maximum Gasteiger partial charge on any atom is 0.394 e. The number of fused-ring (bicyclic) bond motifs is 1. The minimum Gasteiger partial charge on any atom is -0.455 e. The number of hydrogen-bond acceptors (Lipinski definition) is 10. The molecular formula is C23H42O12S. The first-order chi connectivity index (χ1) is 16.2. The van der Waals surface area contributed by atoms with Gasteiger partial charge in [-0.2, -0.15) is 8.42 Å². The minimum atomic E-state index is -4.67. The molecule has 3 heterocycles. The number of carbonyl (C=O) groups is 2. The van der Waals surface area contributed by atoms with Crippen LogP contribution in [-0.4, -0.2) is 71.2 Å². The number of carbonyl (C=O) groups excluding carboxylic acids is 2. The highest BCUT2D eigenvalue weighted by Gasteiger charge is 2.57. The molecule has 2 N–H and O–H groups in total. The number of ether oxygens (including phenoxy) is 6. The van der Waals surface area contributed by atoms with Crippen LogP contribution < -0.4 is 0 Å². The quantitative estimate of drug-likeness (QED) is 0.394. The molecular weight excluding hydrogens is 500 g/mol. The molecule has 3 saturated heterocycles. The third-order valence-corrected chi connectivity index (χ3v) is 7.03. The van der Waals surface area contributed by atoms with Gasteiger partial charge in [0.25, 0.3) is 0 Å². The van der Waals surface area contributed by atoms with Crippen LogP contribution in [0, 0.1) is 11.8 Å². The van der Waals surface area contributed by atoms with E-state index in [1.54, 1.807) is 0 Å². The van der Waals surface area contributed by atoms with Gasteiger partial charge >= 0.3 is 22.3 Å². The van der Waals surface area contributed by atoms with Crippen molar-refractivity contribution in [2.45, 2.75) is 124 Å². The predicted octanol–water partition coefficient (Wildman–Crippen LogP) is 3.29. The molecule has 12 nitrogen and oxygen atoms in total. The van der Waals surface area contributed by atoms with Gasteiger partial charge in [-0.1, -0.05) is 27.7 Å². The summed E-state index contributed by atoms with van der Waals surface area (Å²) in [6.45, 7) is 18.8. The van der Waals surface area contributed by atoms with Gasteiger partial charge in [0.2, 0.25) is 6.29 Å². The van der Waals surface area contributed by atoms with E-state index in [0.29, 0.717) is 5.92 Å². The van der Waals surface area contributed by atoms with E-state index in [9.17, 15) is 9.59 Å². The monoisotopic (exact) mass is 542 g/mol. The zero-order valence-electron chi connectivity index (χ0n) is 22.8. The molecule has 0 bridgehead atoms. The van der Waals surface area contributed by atoms with Gasteiger partial charge in [0, 0.05) is 25.7 Å². The molecule has 0 aromatic rings. The topological polar surface area (TPSA) is 164 Å². The zero-order valence-corrected chi connectivity index (χ0v) is 23.6. The summed E-state index contributed by atoms with van der Waals surface area (Å²) in [5.41, 5.74) is -0.536. The van der Waals surface area contributed by atoms with E-state index in [4.69, 9.17) is 45.9 Å². The standard InChI is InChI=1S/C12H20O5.C11H20O3.H2O4S/c1-6-12(5)7(2)10(15-8(3)13)11(17-12)16-9(4)14;1-6-11(5)7(2)8-9(14-11)13-10(3,4)12-8;1-5(2,3)4/h7,10-11H,6H2,1-5H3;7-9H,6H2,1-5H3;(H2,1,2,3,4)/t7-,10+,11-,12+;7-,8+,9-,11+;/m00./s1. The lowest BCUT2D eigenvalue weighted by atomic mass is 9.87. The van der Waals surface area contributed by atoms with Gasteiger partial charge in [-0.25, -0.2) is 0 Å². The van der Waals surface area contributed by atoms with Crippen LogP contribution >= 0.6 is 0 Å². The van der Waals surface area contributed by atoms with Crippen molar-refractivity contribution < 1.29 is 55.5 Å². The molecule has 8 atom stereocenters. The predicted molar refractivity (Wildman–Crippen MR) is 127 cm³/mol. The van der Waals surface area contributed by atoms with Crippen LogP contribution in [0.5, 0.6) is 0 Å². The normalized spacial score (nSPS) is 38.7. The largest absolute Gasteiger partial charge is 0.455 e. The van der Waals surface area contributed by atoms with Crippen LogP contribution in [0.3, 0.4) is 0 Å². The molecule has 3 aliphatic rings. The molecule has 0 unspecified atom stereocenters. The van der Waals surface area contributed by atoms with E-state index in [1.165, 1.54) is 13.8 Å². The van der Waals surface area contributed by atoms with Crippen molar-refractivity contribution in [2.75, 3.05) is 0 Å². The Balaban J connectivity index is 0.000000307. The van der Waals surface area contributed by atoms with Crippen molar-refractivity contribution in [3.63, 3.8) is 0 Å². The van der Waals surface area contributed by atoms with Crippen molar-refractivity contribution in [1.82, 2.24) is 0 Å². The van der Waals surface area contributed by atoms with Crippen LogP contribution in [0.4, 0.5) is 0 Å². The number of esters is 2. The third kappa shape index (κ3) is 8.89. The Kier molecular flexibility index (Phi) is 10.9. The third-order valence-electron chi connectivity index (χ3n) is 7.03. The highest BCUT2D eigenvalue weighted by Crippen LogP contribution is 2.46. The molecule has 0 radical (unpaired) electrons. The molecule has 0 aliphatic carbocycles. The Hall–Kier alpha value is -1.35. The van der Waals surface area contributed by atoms with Crippen molar-refractivity contribution in [3.8, 4) is 0 Å². The Morgan fingerprint density at radius 2 is 1.25 bits per heavy atom. The first kappa shape index (κ1) is 32.7. The SMILES string of the molecule is CC[C@@]1(C)O[C@@H]2OC(C)(C)O[C@@H]2[C@@H]1C.CC[C@@]1(C)O[C@H](OC(C)=O)[C@H](OC(C)=O)[C@@H]1C.O=S(=O)(O)O. The average Bonchev–Trinajstić information content (AvgIpc) is 3.21. The molecule has 36 heavy (non-hydrogen) atoms. The Labute approximate surface area is 213 Å². The zero-order chi connectivity index (χ0) is 28.3. The molecule has 212 valence electrons. The van der Waals surface area contributed by atoms with E-state index in [2.05, 4.69) is 20.8 Å². The fourth-order valence-electron chi connectivity index (χ4n) is 4.34. The summed E-state index contributed by atoms with van der Waals surface area (Å²) in [5, 5.41) is 0. The Morgan fingerprint density at radius 3 is 1.64 bits per heavy atom. The lowest BCUT2D eigenvalue weighted by Crippen LogP contribution is -2.36. The highest BCUT2D eigenvalue weighted by molar-refractivity contribution is 7.79. The number of rotatable bonds is 4. The second-order valence-electron chi connectivity index (χ2n) is 10.1. The van der Waals surface area contributed by atoms with E-state index >= 15 is 0 Å². The summed E-state index contributed by atoms with van der Waals surface area (Å²) in [5.74, 6) is -0.971. The Bertz CT molecular complexity index is 866. The van der Waals surface area contributed by atoms with Crippen LogP contribution in [0.2, 0.25) is 0 Å². The summed E-state index contributed by atoms with van der Waals surface area (Å²) in [6.07, 6.45) is 0.315. The van der Waals surface area contributed by atoms with Crippen LogP contribution in [0.1, 0.15) is 82.1 Å². The molecule has 3 rings (SSSR count). The smallest absolute Gasteiger partial charge is 0.394 e. The number of hydrogen-bond donors (Lipinski definition) is 2. The maximum absolute atomic E-state index is 11.1. The van der Waals surface area contributed by atoms with Gasteiger partial charge in [0.15, 0.2) is 18.2 Å². The molecule has 0 aromatic carbocycles. The average molecular weight is 543 g/mol. The van der Waals surface area contributed by atoms with Gasteiger partial charge in [-0.15, -0.1) is 0 Å². The van der Waals surface area contributed by atoms with Gasteiger partial charge in [-0.05, 0) is 40.5 Å². The maximum atomic E-state index is 11.1. The summed E-state index contributed by atoms with van der Waals surface area (Å²) < 4.78 is 65.0. The van der Waals surface area contributed by atoms with Crippen molar-refractivity contribution in [1.29, 1.82) is 0 Å². The van der Waals surface area contributed by atoms with E-state index < -0.39 is 46.1 Å². The van der Waals surface area contributed by atoms with E-state index in [-0.39, 0.29) is 23.9 Å².